The molecule has 1 rings (SSSR count). The molecular weight excluding hydrogens is 232 g/mol. The van der Waals surface area contributed by atoms with Gasteiger partial charge in [0.25, 0.3) is 0 Å². The molecule has 0 saturated heterocycles. The van der Waals surface area contributed by atoms with Crippen LogP contribution in [0.15, 0.2) is 0 Å². The second-order valence-electron chi connectivity index (χ2n) is 3.60. The van der Waals surface area contributed by atoms with Gasteiger partial charge < -0.3 is 9.47 Å². The lowest BCUT2D eigenvalue weighted by Crippen LogP contribution is -2.11. The van der Waals surface area contributed by atoms with E-state index in [1.165, 1.54) is 25.7 Å². The highest BCUT2D eigenvalue weighted by atomic mass is 79.9. The fourth-order valence-corrected chi connectivity index (χ4v) is 2.65. The summed E-state index contributed by atoms with van der Waals surface area (Å²) in [5.41, 5.74) is 0. The number of halogens is 1. The minimum absolute atomic E-state index is 0.711. The maximum absolute atomic E-state index is 5.44. The third-order valence-electron chi connectivity index (χ3n) is 2.63. The van der Waals surface area contributed by atoms with Gasteiger partial charge in [-0.3, -0.25) is 0 Å². The van der Waals surface area contributed by atoms with Crippen LogP contribution in [0.3, 0.4) is 0 Å². The van der Waals surface area contributed by atoms with Crippen molar-refractivity contribution in [3.05, 3.63) is 0 Å². The van der Waals surface area contributed by atoms with Gasteiger partial charge in [0.05, 0.1) is 13.2 Å². The molecule has 78 valence electrons. The average molecular weight is 251 g/mol. The van der Waals surface area contributed by atoms with Crippen LogP contribution in [0.2, 0.25) is 0 Å². The Balaban J connectivity index is 1.93. The molecule has 0 aromatic carbocycles. The molecule has 0 aromatic rings. The van der Waals surface area contributed by atoms with Crippen molar-refractivity contribution in [1.82, 2.24) is 0 Å². The molecule has 0 amide bonds. The van der Waals surface area contributed by atoms with Gasteiger partial charge in [-0.05, 0) is 25.2 Å². The highest BCUT2D eigenvalue weighted by Gasteiger charge is 2.23. The largest absolute Gasteiger partial charge is 0.382 e. The first-order valence-electron chi connectivity index (χ1n) is 5.05. The summed E-state index contributed by atoms with van der Waals surface area (Å²) in [6.45, 7) is 2.33. The number of hydrogen-bond acceptors (Lipinski definition) is 2. The molecule has 1 aliphatic rings. The van der Waals surface area contributed by atoms with E-state index in [9.17, 15) is 0 Å². The lowest BCUT2D eigenvalue weighted by atomic mass is 10.1. The zero-order valence-corrected chi connectivity index (χ0v) is 9.88. The monoisotopic (exact) mass is 250 g/mol. The van der Waals surface area contributed by atoms with Crippen molar-refractivity contribution in [2.24, 2.45) is 5.92 Å². The van der Waals surface area contributed by atoms with Crippen molar-refractivity contribution < 1.29 is 9.47 Å². The molecule has 0 radical (unpaired) electrons. The fourth-order valence-electron chi connectivity index (χ4n) is 1.80. The van der Waals surface area contributed by atoms with E-state index >= 15 is 0 Å². The molecular formula is C10H19BrO2. The van der Waals surface area contributed by atoms with E-state index in [1.54, 1.807) is 7.11 Å². The number of alkyl halides is 1. The normalized spacial score (nSPS) is 28.2. The first-order chi connectivity index (χ1) is 6.34. The zero-order chi connectivity index (χ0) is 9.52. The molecule has 2 unspecified atom stereocenters. The predicted octanol–water partition coefficient (Wildman–Crippen LogP) is 2.60. The quantitative estimate of drug-likeness (QED) is 0.533. The Bertz CT molecular complexity index is 130. The SMILES string of the molecule is COCCOCCC1CCCC1Br. The van der Waals surface area contributed by atoms with Crippen molar-refractivity contribution >= 4 is 15.9 Å². The molecule has 1 aliphatic carbocycles. The third kappa shape index (κ3) is 4.43. The number of methoxy groups -OCH3 is 1. The highest BCUT2D eigenvalue weighted by molar-refractivity contribution is 9.09. The third-order valence-corrected chi connectivity index (χ3v) is 3.84. The van der Waals surface area contributed by atoms with Gasteiger partial charge in [-0.15, -0.1) is 0 Å². The maximum atomic E-state index is 5.44. The molecule has 3 heteroatoms. The molecule has 1 saturated carbocycles. The molecule has 0 heterocycles. The molecule has 2 atom stereocenters. The van der Waals surface area contributed by atoms with Gasteiger partial charge in [-0.2, -0.15) is 0 Å². The summed E-state index contributed by atoms with van der Waals surface area (Å²) in [5.74, 6) is 0.836. The number of ether oxygens (including phenoxy) is 2. The first-order valence-corrected chi connectivity index (χ1v) is 5.97. The maximum Gasteiger partial charge on any atom is 0.0700 e. The van der Waals surface area contributed by atoms with Crippen LogP contribution in [0.4, 0.5) is 0 Å². The van der Waals surface area contributed by atoms with Crippen LogP contribution in [-0.4, -0.2) is 31.8 Å². The van der Waals surface area contributed by atoms with Crippen LogP contribution in [0.25, 0.3) is 0 Å². The van der Waals surface area contributed by atoms with Crippen LogP contribution in [0.1, 0.15) is 25.7 Å². The summed E-state index contributed by atoms with van der Waals surface area (Å²) < 4.78 is 10.3. The van der Waals surface area contributed by atoms with E-state index in [1.807, 2.05) is 0 Å². The molecule has 1 fully saturated rings. The Labute approximate surface area is 89.1 Å². The number of hydrogen-bond donors (Lipinski definition) is 0. The van der Waals surface area contributed by atoms with E-state index in [0.29, 0.717) is 6.61 Å². The Morgan fingerprint density at radius 3 is 2.69 bits per heavy atom. The highest BCUT2D eigenvalue weighted by Crippen LogP contribution is 2.33. The summed E-state index contributed by atoms with van der Waals surface area (Å²) in [4.78, 5) is 0.735. The van der Waals surface area contributed by atoms with E-state index in [2.05, 4.69) is 15.9 Å². The summed E-state index contributed by atoms with van der Waals surface area (Å²) in [5, 5.41) is 0. The van der Waals surface area contributed by atoms with Gasteiger partial charge in [0.15, 0.2) is 0 Å². The lowest BCUT2D eigenvalue weighted by Gasteiger charge is -2.13. The van der Waals surface area contributed by atoms with Gasteiger partial charge in [0, 0.05) is 18.5 Å². The Morgan fingerprint density at radius 1 is 1.23 bits per heavy atom. The van der Waals surface area contributed by atoms with Gasteiger partial charge in [-0.1, -0.05) is 22.4 Å². The average Bonchev–Trinajstić information content (AvgIpc) is 2.52. The Hall–Kier alpha value is 0.400. The summed E-state index contributed by atoms with van der Waals surface area (Å²) in [6.07, 6.45) is 5.27. The molecule has 2 nitrogen and oxygen atoms in total. The minimum atomic E-state index is 0.711. The standard InChI is InChI=1S/C10H19BrO2/c1-12-7-8-13-6-5-9-3-2-4-10(9)11/h9-10H,2-8H2,1H3. The molecule has 0 bridgehead atoms. The second kappa shape index (κ2) is 6.80. The molecule has 0 spiro atoms. The van der Waals surface area contributed by atoms with Crippen molar-refractivity contribution in [2.45, 2.75) is 30.5 Å². The first kappa shape index (κ1) is 11.5. The number of rotatable bonds is 6. The fraction of sp³-hybridized carbons (Fsp3) is 1.00. The summed E-state index contributed by atoms with van der Waals surface area (Å²) in [7, 11) is 1.70. The minimum Gasteiger partial charge on any atom is -0.382 e. The summed E-state index contributed by atoms with van der Waals surface area (Å²) >= 11 is 3.71. The van der Waals surface area contributed by atoms with Gasteiger partial charge in [0.2, 0.25) is 0 Å². The van der Waals surface area contributed by atoms with Crippen LogP contribution in [-0.2, 0) is 9.47 Å². The van der Waals surface area contributed by atoms with Gasteiger partial charge in [-0.25, -0.2) is 0 Å². The topological polar surface area (TPSA) is 18.5 Å². The Kier molecular flexibility index (Phi) is 6.00. The molecule has 0 aromatic heterocycles. The van der Waals surface area contributed by atoms with E-state index in [-0.39, 0.29) is 0 Å². The summed E-state index contributed by atoms with van der Waals surface area (Å²) in [6, 6.07) is 0. The smallest absolute Gasteiger partial charge is 0.0700 e. The molecule has 13 heavy (non-hydrogen) atoms. The predicted molar refractivity (Wildman–Crippen MR) is 57.4 cm³/mol. The van der Waals surface area contributed by atoms with Gasteiger partial charge >= 0.3 is 0 Å². The van der Waals surface area contributed by atoms with Crippen molar-refractivity contribution in [2.75, 3.05) is 26.9 Å². The van der Waals surface area contributed by atoms with Crippen LogP contribution in [0.5, 0.6) is 0 Å². The Morgan fingerprint density at radius 2 is 2.08 bits per heavy atom. The van der Waals surface area contributed by atoms with E-state index < -0.39 is 0 Å². The van der Waals surface area contributed by atoms with Crippen molar-refractivity contribution in [3.8, 4) is 0 Å². The van der Waals surface area contributed by atoms with Crippen molar-refractivity contribution in [1.29, 1.82) is 0 Å². The van der Waals surface area contributed by atoms with Crippen molar-refractivity contribution in [3.63, 3.8) is 0 Å². The molecule has 0 aliphatic heterocycles. The molecule has 0 N–H and O–H groups in total. The van der Waals surface area contributed by atoms with Crippen LogP contribution >= 0.6 is 15.9 Å². The van der Waals surface area contributed by atoms with Crippen LogP contribution in [0, 0.1) is 5.92 Å². The van der Waals surface area contributed by atoms with E-state index in [4.69, 9.17) is 9.47 Å². The second-order valence-corrected chi connectivity index (χ2v) is 4.78. The lowest BCUT2D eigenvalue weighted by molar-refractivity contribution is 0.0643. The van der Waals surface area contributed by atoms with Gasteiger partial charge in [0.1, 0.15) is 0 Å². The van der Waals surface area contributed by atoms with Crippen LogP contribution < -0.4 is 0 Å². The van der Waals surface area contributed by atoms with E-state index in [0.717, 1.165) is 24.0 Å². The zero-order valence-electron chi connectivity index (χ0n) is 8.30.